The molecule has 0 aliphatic carbocycles. The summed E-state index contributed by atoms with van der Waals surface area (Å²) in [4.78, 5) is 15.3. The predicted molar refractivity (Wildman–Crippen MR) is 113 cm³/mol. The van der Waals surface area contributed by atoms with E-state index in [-0.39, 0.29) is 11.5 Å². The van der Waals surface area contributed by atoms with E-state index in [9.17, 15) is 9.90 Å². The van der Waals surface area contributed by atoms with Gasteiger partial charge in [0.1, 0.15) is 5.75 Å². The third-order valence-corrected chi connectivity index (χ3v) is 5.17. The maximum absolute atomic E-state index is 11.3. The number of benzene rings is 2. The summed E-state index contributed by atoms with van der Waals surface area (Å²) in [5.41, 5.74) is 5.38. The Morgan fingerprint density at radius 3 is 2.93 bits per heavy atom. The van der Waals surface area contributed by atoms with Gasteiger partial charge in [-0.05, 0) is 48.4 Å². The van der Waals surface area contributed by atoms with Crippen molar-refractivity contribution in [1.29, 1.82) is 0 Å². The number of hydrogen-bond donors (Lipinski definition) is 2. The Kier molecular flexibility index (Phi) is 5.29. The number of ether oxygens (including phenoxy) is 1. The summed E-state index contributed by atoms with van der Waals surface area (Å²) >= 11 is 0. The van der Waals surface area contributed by atoms with E-state index >= 15 is 0 Å². The molecule has 1 unspecified atom stereocenters. The minimum Gasteiger partial charge on any atom is -0.493 e. The van der Waals surface area contributed by atoms with Crippen molar-refractivity contribution in [1.82, 2.24) is 4.98 Å². The van der Waals surface area contributed by atoms with Crippen LogP contribution in [0.4, 0.5) is 5.69 Å². The Balaban J connectivity index is 1.55. The van der Waals surface area contributed by atoms with Crippen LogP contribution in [0.3, 0.4) is 0 Å². The van der Waals surface area contributed by atoms with Gasteiger partial charge in [0.2, 0.25) is 0 Å². The number of aryl methyl sites for hydroxylation is 1. The highest BCUT2D eigenvalue weighted by Gasteiger charge is 2.20. The van der Waals surface area contributed by atoms with Gasteiger partial charge in [-0.15, -0.1) is 0 Å². The monoisotopic (exact) mass is 386 g/mol. The van der Waals surface area contributed by atoms with Crippen LogP contribution >= 0.6 is 0 Å². The molecule has 2 aromatic carbocycles. The van der Waals surface area contributed by atoms with Gasteiger partial charge >= 0.3 is 5.97 Å². The van der Waals surface area contributed by atoms with E-state index < -0.39 is 5.97 Å². The first-order chi connectivity index (χ1) is 14.1. The van der Waals surface area contributed by atoms with E-state index in [4.69, 9.17) is 4.74 Å². The maximum atomic E-state index is 11.3. The van der Waals surface area contributed by atoms with Crippen molar-refractivity contribution >= 4 is 11.7 Å². The third-order valence-electron chi connectivity index (χ3n) is 5.17. The van der Waals surface area contributed by atoms with Crippen molar-refractivity contribution in [3.05, 3.63) is 89.9 Å². The fraction of sp³-hybridized carbons (Fsp3) is 0.167. The van der Waals surface area contributed by atoms with Gasteiger partial charge in [0.05, 0.1) is 24.1 Å². The number of aromatic nitrogens is 1. The Labute approximate surface area is 169 Å². The Hall–Kier alpha value is -3.60. The summed E-state index contributed by atoms with van der Waals surface area (Å²) < 4.78 is 5.93. The highest BCUT2D eigenvalue weighted by molar-refractivity contribution is 5.94. The molecule has 146 valence electrons. The third kappa shape index (κ3) is 3.99. The lowest BCUT2D eigenvalue weighted by molar-refractivity contribution is 0.0698. The number of carboxylic acid groups (broad SMARTS) is 1. The number of fused-ring (bicyclic) bond motifs is 1. The van der Waals surface area contributed by atoms with E-state index in [1.807, 2.05) is 18.2 Å². The molecule has 0 radical (unpaired) electrons. The van der Waals surface area contributed by atoms with Gasteiger partial charge in [-0.1, -0.05) is 42.5 Å². The van der Waals surface area contributed by atoms with Gasteiger partial charge in [0.25, 0.3) is 0 Å². The zero-order valence-corrected chi connectivity index (χ0v) is 16.1. The van der Waals surface area contributed by atoms with E-state index in [0.29, 0.717) is 12.3 Å². The number of allylic oxidation sites excluding steroid dienone is 1. The first kappa shape index (κ1) is 18.7. The molecule has 5 heteroatoms. The van der Waals surface area contributed by atoms with Crippen LogP contribution in [0.15, 0.2) is 73.2 Å². The van der Waals surface area contributed by atoms with Crippen LogP contribution in [0.2, 0.25) is 0 Å². The zero-order chi connectivity index (χ0) is 20.2. The van der Waals surface area contributed by atoms with Crippen LogP contribution in [0.5, 0.6) is 5.75 Å². The molecule has 0 bridgehead atoms. The normalized spacial score (nSPS) is 15.6. The fourth-order valence-corrected chi connectivity index (χ4v) is 3.63. The Morgan fingerprint density at radius 2 is 2.10 bits per heavy atom. The lowest BCUT2D eigenvalue weighted by Gasteiger charge is -2.24. The fourth-order valence-electron chi connectivity index (χ4n) is 3.63. The van der Waals surface area contributed by atoms with Gasteiger partial charge in [0, 0.05) is 17.7 Å². The van der Waals surface area contributed by atoms with Crippen molar-refractivity contribution in [2.45, 2.75) is 19.3 Å². The molecule has 1 aliphatic heterocycles. The smallest absolute Gasteiger partial charge is 0.337 e. The summed E-state index contributed by atoms with van der Waals surface area (Å²) in [5.74, 6) is 0.116. The van der Waals surface area contributed by atoms with Crippen LogP contribution in [0, 0.1) is 6.92 Å². The molecule has 0 amide bonds. The summed E-state index contributed by atoms with van der Waals surface area (Å²) in [6.45, 7) is 2.75. The molecular weight excluding hydrogens is 364 g/mol. The van der Waals surface area contributed by atoms with E-state index in [0.717, 1.165) is 23.3 Å². The van der Waals surface area contributed by atoms with Crippen molar-refractivity contribution < 1.29 is 14.6 Å². The van der Waals surface area contributed by atoms with E-state index in [2.05, 4.69) is 47.6 Å². The molecule has 29 heavy (non-hydrogen) atoms. The van der Waals surface area contributed by atoms with Crippen LogP contribution in [-0.2, 0) is 0 Å². The van der Waals surface area contributed by atoms with Crippen LogP contribution in [0.1, 0.15) is 33.8 Å². The topological polar surface area (TPSA) is 71.5 Å². The van der Waals surface area contributed by atoms with Gasteiger partial charge in [-0.25, -0.2) is 4.79 Å². The maximum Gasteiger partial charge on any atom is 0.337 e. The molecule has 0 spiro atoms. The van der Waals surface area contributed by atoms with E-state index in [1.165, 1.54) is 29.6 Å². The Bertz CT molecular complexity index is 1080. The summed E-state index contributed by atoms with van der Waals surface area (Å²) in [6, 6.07) is 16.2. The number of nitrogens with zero attached hydrogens (tertiary/aromatic N) is 1. The van der Waals surface area contributed by atoms with E-state index in [1.54, 1.807) is 6.20 Å². The quantitative estimate of drug-likeness (QED) is 0.627. The van der Waals surface area contributed by atoms with Gasteiger partial charge in [-0.2, -0.15) is 0 Å². The lowest BCUT2D eigenvalue weighted by atomic mass is 9.90. The molecule has 0 saturated carbocycles. The molecule has 1 atom stereocenters. The highest BCUT2D eigenvalue weighted by atomic mass is 16.5. The second kappa shape index (κ2) is 8.19. The van der Waals surface area contributed by atoms with Crippen molar-refractivity contribution in [3.8, 4) is 16.9 Å². The van der Waals surface area contributed by atoms with Gasteiger partial charge in [0.15, 0.2) is 0 Å². The number of carboxylic acids is 1. The van der Waals surface area contributed by atoms with Gasteiger partial charge < -0.3 is 15.2 Å². The van der Waals surface area contributed by atoms with Crippen molar-refractivity contribution in [3.63, 3.8) is 0 Å². The lowest BCUT2D eigenvalue weighted by Crippen LogP contribution is -2.13. The zero-order valence-electron chi connectivity index (χ0n) is 16.1. The number of pyridine rings is 1. The Morgan fingerprint density at radius 1 is 1.24 bits per heavy atom. The second-order valence-corrected chi connectivity index (χ2v) is 7.04. The first-order valence-electron chi connectivity index (χ1n) is 9.57. The molecular formula is C24H22N2O3. The first-order valence-corrected chi connectivity index (χ1v) is 9.57. The van der Waals surface area contributed by atoms with Crippen molar-refractivity contribution in [2.75, 3.05) is 11.9 Å². The molecule has 0 saturated heterocycles. The van der Waals surface area contributed by atoms with Gasteiger partial charge in [-0.3, -0.25) is 4.98 Å². The minimum absolute atomic E-state index is 0.194. The summed E-state index contributed by atoms with van der Waals surface area (Å²) in [5, 5.41) is 12.3. The minimum atomic E-state index is -0.983. The molecule has 2 N–H and O–H groups in total. The molecule has 4 rings (SSSR count). The molecule has 2 heterocycles. The number of rotatable bonds is 5. The van der Waals surface area contributed by atoms with Crippen molar-refractivity contribution in [2.24, 2.45) is 0 Å². The number of anilines is 1. The number of carbonyl (C=O) groups is 1. The number of aromatic carboxylic acids is 1. The summed E-state index contributed by atoms with van der Waals surface area (Å²) in [7, 11) is 0. The average Bonchev–Trinajstić information content (AvgIpc) is 2.74. The average molecular weight is 386 g/mol. The molecule has 1 aliphatic rings. The second-order valence-electron chi connectivity index (χ2n) is 7.04. The number of nitrogens with one attached hydrogen (secondary N) is 1. The molecule has 3 aromatic rings. The predicted octanol–water partition coefficient (Wildman–Crippen LogP) is 5.25. The van der Waals surface area contributed by atoms with Crippen LogP contribution < -0.4 is 10.1 Å². The van der Waals surface area contributed by atoms with Crippen LogP contribution in [0.25, 0.3) is 11.1 Å². The SMILES string of the molecule is Cc1ccccc1-c1ccc2c(c1)OCCC2/C=C/Nc1cnccc1C(=O)O. The number of hydrogen-bond acceptors (Lipinski definition) is 4. The molecule has 5 nitrogen and oxygen atoms in total. The standard InChI is InChI=1S/C24H22N2O3/c1-16-4-2-3-5-19(16)18-6-7-20-17(10-13-29-23(20)14-18)8-12-26-22-15-25-11-9-21(22)24(27)28/h2-9,11-12,14-15,17,26H,10,13H2,1H3,(H,27,28)/b12-8+. The highest BCUT2D eigenvalue weighted by Crippen LogP contribution is 2.38. The van der Waals surface area contributed by atoms with Crippen LogP contribution in [-0.4, -0.2) is 22.7 Å². The molecule has 0 fully saturated rings. The largest absolute Gasteiger partial charge is 0.493 e. The molecule has 1 aromatic heterocycles. The summed E-state index contributed by atoms with van der Waals surface area (Å²) in [6.07, 6.45) is 7.69.